The molecule has 1 amide bonds. The highest BCUT2D eigenvalue weighted by atomic mass is 79.9. The highest BCUT2D eigenvalue weighted by molar-refractivity contribution is 9.10. The minimum atomic E-state index is -4.42. The van der Waals surface area contributed by atoms with Crippen LogP contribution in [0.4, 0.5) is 24.9 Å². The lowest BCUT2D eigenvalue weighted by molar-refractivity contribution is -0.137. The molecule has 0 spiro atoms. The van der Waals surface area contributed by atoms with Crippen molar-refractivity contribution in [3.63, 3.8) is 0 Å². The van der Waals surface area contributed by atoms with E-state index in [2.05, 4.69) is 30.7 Å². The van der Waals surface area contributed by atoms with E-state index in [4.69, 9.17) is 9.72 Å². The Morgan fingerprint density at radius 2 is 1.61 bits per heavy atom. The zero-order chi connectivity index (χ0) is 22.0. The number of carbonyl (C=O) groups is 1. The van der Waals surface area contributed by atoms with E-state index >= 15 is 0 Å². The van der Waals surface area contributed by atoms with Gasteiger partial charge in [0.25, 0.3) is 5.91 Å². The van der Waals surface area contributed by atoms with E-state index in [9.17, 15) is 18.0 Å². The number of anilines is 2. The number of morpholine rings is 1. The largest absolute Gasteiger partial charge is 0.416 e. The van der Waals surface area contributed by atoms with Gasteiger partial charge in [-0.2, -0.15) is 18.2 Å². The predicted octanol–water partition coefficient (Wildman–Crippen LogP) is 3.06. The van der Waals surface area contributed by atoms with Gasteiger partial charge in [0.2, 0.25) is 5.95 Å². The molecule has 2 fully saturated rings. The average molecular weight is 500 g/mol. The number of benzene rings is 1. The van der Waals surface area contributed by atoms with Gasteiger partial charge >= 0.3 is 6.18 Å². The van der Waals surface area contributed by atoms with Crippen LogP contribution in [0.25, 0.3) is 0 Å². The van der Waals surface area contributed by atoms with Gasteiger partial charge in [-0.05, 0) is 40.2 Å². The molecule has 1 aromatic heterocycles. The van der Waals surface area contributed by atoms with Crippen molar-refractivity contribution >= 4 is 33.6 Å². The van der Waals surface area contributed by atoms with Crippen molar-refractivity contribution in [2.75, 3.05) is 62.3 Å². The van der Waals surface area contributed by atoms with Gasteiger partial charge in [0, 0.05) is 51.0 Å². The Morgan fingerprint density at radius 3 is 2.23 bits per heavy atom. The molecule has 2 aliphatic rings. The Morgan fingerprint density at radius 1 is 0.968 bits per heavy atom. The number of hydrogen-bond donors (Lipinski definition) is 0. The maximum atomic E-state index is 12.7. The van der Waals surface area contributed by atoms with Crippen LogP contribution >= 0.6 is 15.9 Å². The van der Waals surface area contributed by atoms with Crippen LogP contribution < -0.4 is 9.80 Å². The van der Waals surface area contributed by atoms with E-state index in [1.807, 2.05) is 0 Å². The molecule has 0 bridgehead atoms. The summed E-state index contributed by atoms with van der Waals surface area (Å²) >= 11 is 3.51. The second-order valence-corrected chi connectivity index (χ2v) is 8.15. The summed E-state index contributed by atoms with van der Waals surface area (Å²) in [4.78, 5) is 27.6. The molecule has 4 rings (SSSR count). The van der Waals surface area contributed by atoms with Crippen molar-refractivity contribution < 1.29 is 22.7 Å². The zero-order valence-corrected chi connectivity index (χ0v) is 18.2. The Balaban J connectivity index is 1.41. The van der Waals surface area contributed by atoms with Crippen LogP contribution in [-0.2, 0) is 10.9 Å². The molecule has 0 unspecified atom stereocenters. The third kappa shape index (κ3) is 4.93. The normalized spacial score (nSPS) is 17.7. The minimum absolute atomic E-state index is 0.249. The van der Waals surface area contributed by atoms with Gasteiger partial charge in [0.05, 0.1) is 23.2 Å². The fourth-order valence-corrected chi connectivity index (χ4v) is 4.03. The summed E-state index contributed by atoms with van der Waals surface area (Å²) in [7, 11) is 0. The number of carbonyl (C=O) groups excluding carboxylic acids is 1. The maximum Gasteiger partial charge on any atom is 0.416 e. The van der Waals surface area contributed by atoms with E-state index in [-0.39, 0.29) is 11.5 Å². The van der Waals surface area contributed by atoms with Crippen molar-refractivity contribution in [1.82, 2.24) is 14.9 Å². The number of amides is 1. The van der Waals surface area contributed by atoms with Crippen molar-refractivity contribution in [1.29, 1.82) is 0 Å². The molecule has 1 aromatic carbocycles. The summed E-state index contributed by atoms with van der Waals surface area (Å²) < 4.78 is 44.4. The first-order chi connectivity index (χ1) is 14.8. The van der Waals surface area contributed by atoms with Gasteiger partial charge in [0.15, 0.2) is 0 Å². The number of piperazine rings is 1. The quantitative estimate of drug-likeness (QED) is 0.646. The van der Waals surface area contributed by atoms with Gasteiger partial charge in [-0.1, -0.05) is 0 Å². The zero-order valence-electron chi connectivity index (χ0n) is 16.6. The highest BCUT2D eigenvalue weighted by Crippen LogP contribution is 2.30. The number of aromatic nitrogens is 2. The fourth-order valence-electron chi connectivity index (χ4n) is 3.59. The number of hydrogen-bond acceptors (Lipinski definition) is 6. The van der Waals surface area contributed by atoms with E-state index in [1.165, 1.54) is 12.1 Å². The molecule has 11 heteroatoms. The molecule has 0 aliphatic carbocycles. The number of halogens is 4. The lowest BCUT2D eigenvalue weighted by Crippen LogP contribution is -2.49. The smallest absolute Gasteiger partial charge is 0.378 e. The monoisotopic (exact) mass is 499 g/mol. The van der Waals surface area contributed by atoms with E-state index in [0.29, 0.717) is 45.3 Å². The Bertz CT molecular complexity index is 927. The number of ether oxygens (including phenoxy) is 1. The van der Waals surface area contributed by atoms with Crippen LogP contribution in [0.3, 0.4) is 0 Å². The molecule has 0 saturated carbocycles. The third-order valence-electron chi connectivity index (χ3n) is 5.33. The molecule has 166 valence electrons. The molecule has 3 heterocycles. The molecule has 2 aliphatic heterocycles. The molecular weight excluding hydrogens is 479 g/mol. The Hall–Kier alpha value is -2.40. The van der Waals surface area contributed by atoms with E-state index in [1.54, 1.807) is 11.1 Å². The van der Waals surface area contributed by atoms with Gasteiger partial charge in [-0.3, -0.25) is 4.79 Å². The minimum Gasteiger partial charge on any atom is -0.378 e. The molecule has 7 nitrogen and oxygen atoms in total. The summed E-state index contributed by atoms with van der Waals surface area (Å²) in [5.41, 5.74) is -0.516. The SMILES string of the molecule is O=C(c1ccc(C(F)(F)F)cc1)N1CCN(c2nc(N3CCOCC3)ncc2Br)CC1. The van der Waals surface area contributed by atoms with Crippen molar-refractivity contribution in [2.24, 2.45) is 0 Å². The van der Waals surface area contributed by atoms with E-state index in [0.717, 1.165) is 35.5 Å². The summed E-state index contributed by atoms with van der Waals surface area (Å²) in [5, 5.41) is 0. The van der Waals surface area contributed by atoms with Gasteiger partial charge in [-0.15, -0.1) is 0 Å². The first-order valence-electron chi connectivity index (χ1n) is 9.89. The van der Waals surface area contributed by atoms with Gasteiger partial charge in [0.1, 0.15) is 5.82 Å². The number of alkyl halides is 3. The number of rotatable bonds is 3. The molecule has 2 saturated heterocycles. The predicted molar refractivity (Wildman–Crippen MR) is 112 cm³/mol. The van der Waals surface area contributed by atoms with Crippen LogP contribution in [0.15, 0.2) is 34.9 Å². The summed E-state index contributed by atoms with van der Waals surface area (Å²) in [6.45, 7) is 4.76. The van der Waals surface area contributed by atoms with Crippen LogP contribution in [0.1, 0.15) is 15.9 Å². The highest BCUT2D eigenvalue weighted by Gasteiger charge is 2.31. The molecule has 0 N–H and O–H groups in total. The topological polar surface area (TPSA) is 61.8 Å². The van der Waals surface area contributed by atoms with Crippen molar-refractivity contribution in [3.8, 4) is 0 Å². The summed E-state index contributed by atoms with van der Waals surface area (Å²) in [5.74, 6) is 1.13. The van der Waals surface area contributed by atoms with Crippen LogP contribution in [0.2, 0.25) is 0 Å². The second kappa shape index (κ2) is 8.99. The van der Waals surface area contributed by atoms with Crippen molar-refractivity contribution in [3.05, 3.63) is 46.1 Å². The van der Waals surface area contributed by atoms with Crippen LogP contribution in [0, 0.1) is 0 Å². The molecule has 0 atom stereocenters. The Kier molecular flexibility index (Phi) is 6.33. The first-order valence-corrected chi connectivity index (χ1v) is 10.7. The summed E-state index contributed by atoms with van der Waals surface area (Å²) in [6.07, 6.45) is -2.69. The average Bonchev–Trinajstić information content (AvgIpc) is 2.79. The van der Waals surface area contributed by atoms with Gasteiger partial charge in [-0.25, -0.2) is 4.98 Å². The summed E-state index contributed by atoms with van der Waals surface area (Å²) in [6, 6.07) is 4.34. The lowest BCUT2D eigenvalue weighted by atomic mass is 10.1. The maximum absolute atomic E-state index is 12.7. The van der Waals surface area contributed by atoms with Crippen LogP contribution in [0.5, 0.6) is 0 Å². The molecule has 2 aromatic rings. The molecule has 0 radical (unpaired) electrons. The van der Waals surface area contributed by atoms with Crippen molar-refractivity contribution in [2.45, 2.75) is 6.18 Å². The second-order valence-electron chi connectivity index (χ2n) is 7.30. The van der Waals surface area contributed by atoms with Crippen LogP contribution in [-0.4, -0.2) is 73.3 Å². The fraction of sp³-hybridized carbons (Fsp3) is 0.450. The standard InChI is InChI=1S/C20H21BrF3N5O2/c21-16-13-25-19(29-9-11-31-12-10-29)26-17(16)27-5-7-28(8-6-27)18(30)14-1-3-15(4-2-14)20(22,23)24/h1-4,13H,5-12H2. The molecular formula is C20H21BrF3N5O2. The third-order valence-corrected chi connectivity index (χ3v) is 5.89. The number of nitrogens with zero attached hydrogens (tertiary/aromatic N) is 5. The van der Waals surface area contributed by atoms with Gasteiger partial charge < -0.3 is 19.4 Å². The first kappa shape index (κ1) is 21.8. The Labute approximate surface area is 185 Å². The lowest BCUT2D eigenvalue weighted by Gasteiger charge is -2.36. The molecule has 31 heavy (non-hydrogen) atoms. The van der Waals surface area contributed by atoms with E-state index < -0.39 is 11.7 Å².